The summed E-state index contributed by atoms with van der Waals surface area (Å²) in [6.45, 7) is 7.66. The minimum Gasteiger partial charge on any atom is -0.357 e. The van der Waals surface area contributed by atoms with Gasteiger partial charge < -0.3 is 15.5 Å². The largest absolute Gasteiger partial charge is 0.357 e. The number of carbonyl (C=O) groups excluding carboxylic acids is 1. The van der Waals surface area contributed by atoms with Crippen LogP contribution in [0.4, 0.5) is 5.69 Å². The van der Waals surface area contributed by atoms with Crippen molar-refractivity contribution in [3.63, 3.8) is 0 Å². The number of anilines is 1. The van der Waals surface area contributed by atoms with Crippen LogP contribution in [0.25, 0.3) is 0 Å². The lowest BCUT2D eigenvalue weighted by atomic mass is 9.86. The number of hydrogen-bond acceptors (Lipinski definition) is 2. The summed E-state index contributed by atoms with van der Waals surface area (Å²) in [6, 6.07) is 8.04. The van der Waals surface area contributed by atoms with Crippen molar-refractivity contribution < 1.29 is 4.79 Å². The molecule has 1 aliphatic carbocycles. The molecule has 0 atom stereocenters. The predicted octanol–water partition coefficient (Wildman–Crippen LogP) is 3.42. The van der Waals surface area contributed by atoms with E-state index in [-0.39, 0.29) is 5.91 Å². The zero-order valence-electron chi connectivity index (χ0n) is 16.2. The van der Waals surface area contributed by atoms with Crippen molar-refractivity contribution >= 4 is 17.6 Å². The number of nitrogens with zero attached hydrogens (tertiary/aromatic N) is 2. The summed E-state index contributed by atoms with van der Waals surface area (Å²) in [7, 11) is 0. The zero-order chi connectivity index (χ0) is 18.4. The lowest BCUT2D eigenvalue weighted by Gasteiger charge is -2.26. The van der Waals surface area contributed by atoms with E-state index in [1.165, 1.54) is 51.1 Å². The minimum absolute atomic E-state index is 0.0386. The SMILES string of the molecule is CCNC(=NCCc1ccc(NC(C)=O)cc1)N1CCC2(CCCC2)C1. The van der Waals surface area contributed by atoms with Gasteiger partial charge in [0.2, 0.25) is 5.91 Å². The number of guanidine groups is 1. The van der Waals surface area contributed by atoms with Gasteiger partial charge in [-0.1, -0.05) is 25.0 Å². The molecule has 1 aliphatic heterocycles. The van der Waals surface area contributed by atoms with Crippen molar-refractivity contribution in [1.82, 2.24) is 10.2 Å². The molecule has 1 saturated heterocycles. The first-order valence-corrected chi connectivity index (χ1v) is 10.00. The van der Waals surface area contributed by atoms with Crippen LogP contribution in [0.2, 0.25) is 0 Å². The highest BCUT2D eigenvalue weighted by atomic mass is 16.1. The van der Waals surface area contributed by atoms with Gasteiger partial charge in [-0.05, 0) is 55.7 Å². The molecular weight excluding hydrogens is 324 g/mol. The van der Waals surface area contributed by atoms with E-state index in [0.717, 1.165) is 37.7 Å². The molecular formula is C21H32N4O. The molecule has 2 fully saturated rings. The summed E-state index contributed by atoms with van der Waals surface area (Å²) in [4.78, 5) is 18.4. The van der Waals surface area contributed by atoms with E-state index in [1.807, 2.05) is 12.1 Å². The lowest BCUT2D eigenvalue weighted by Crippen LogP contribution is -2.41. The first-order valence-electron chi connectivity index (χ1n) is 10.00. The van der Waals surface area contributed by atoms with Gasteiger partial charge in [0.1, 0.15) is 0 Å². The van der Waals surface area contributed by atoms with Crippen molar-refractivity contribution in [2.24, 2.45) is 10.4 Å². The molecule has 0 unspecified atom stereocenters. The van der Waals surface area contributed by atoms with Crippen LogP contribution in [0.1, 0.15) is 51.5 Å². The monoisotopic (exact) mass is 356 g/mol. The number of amides is 1. The maximum absolute atomic E-state index is 11.1. The average molecular weight is 357 g/mol. The van der Waals surface area contributed by atoms with Gasteiger partial charge in [0, 0.05) is 38.8 Å². The van der Waals surface area contributed by atoms with Crippen LogP contribution in [0.5, 0.6) is 0 Å². The number of rotatable bonds is 5. The van der Waals surface area contributed by atoms with Crippen LogP contribution in [-0.2, 0) is 11.2 Å². The number of likely N-dealkylation sites (tertiary alicyclic amines) is 1. The van der Waals surface area contributed by atoms with E-state index in [0.29, 0.717) is 5.41 Å². The fraction of sp³-hybridized carbons (Fsp3) is 0.619. The fourth-order valence-electron chi connectivity index (χ4n) is 4.32. The highest BCUT2D eigenvalue weighted by Gasteiger charge is 2.41. The van der Waals surface area contributed by atoms with Crippen LogP contribution in [0.15, 0.2) is 29.3 Å². The van der Waals surface area contributed by atoms with Crippen LogP contribution in [0.3, 0.4) is 0 Å². The Hall–Kier alpha value is -2.04. The number of benzene rings is 1. The van der Waals surface area contributed by atoms with E-state index in [9.17, 15) is 4.79 Å². The Morgan fingerprint density at radius 3 is 2.58 bits per heavy atom. The smallest absolute Gasteiger partial charge is 0.221 e. The Bertz CT molecular complexity index is 632. The fourth-order valence-corrected chi connectivity index (χ4v) is 4.32. The minimum atomic E-state index is -0.0386. The predicted molar refractivity (Wildman–Crippen MR) is 108 cm³/mol. The quantitative estimate of drug-likeness (QED) is 0.628. The van der Waals surface area contributed by atoms with Crippen molar-refractivity contribution in [3.8, 4) is 0 Å². The van der Waals surface area contributed by atoms with E-state index < -0.39 is 0 Å². The second-order valence-electron chi connectivity index (χ2n) is 7.74. The van der Waals surface area contributed by atoms with E-state index >= 15 is 0 Å². The van der Waals surface area contributed by atoms with Gasteiger partial charge >= 0.3 is 0 Å². The molecule has 0 radical (unpaired) electrons. The van der Waals surface area contributed by atoms with Gasteiger partial charge in [-0.2, -0.15) is 0 Å². The standard InChI is InChI=1S/C21H32N4O/c1-3-22-20(25-15-13-21(16-25)11-4-5-12-21)23-14-10-18-6-8-19(9-7-18)24-17(2)26/h6-9H,3-5,10-16H2,1-2H3,(H,22,23)(H,24,26). The van der Waals surface area contributed by atoms with Gasteiger partial charge in [-0.15, -0.1) is 0 Å². The second kappa shape index (κ2) is 8.56. The van der Waals surface area contributed by atoms with Gasteiger partial charge in [0.05, 0.1) is 0 Å². The second-order valence-corrected chi connectivity index (χ2v) is 7.74. The van der Waals surface area contributed by atoms with Gasteiger partial charge in [-0.3, -0.25) is 9.79 Å². The Balaban J connectivity index is 1.55. The lowest BCUT2D eigenvalue weighted by molar-refractivity contribution is -0.114. The van der Waals surface area contributed by atoms with Crippen molar-refractivity contribution in [3.05, 3.63) is 29.8 Å². The Morgan fingerprint density at radius 2 is 1.92 bits per heavy atom. The molecule has 1 amide bonds. The van der Waals surface area contributed by atoms with Crippen molar-refractivity contribution in [2.75, 3.05) is 31.5 Å². The number of aliphatic imine (C=N–C) groups is 1. The summed E-state index contributed by atoms with van der Waals surface area (Å²) in [5.41, 5.74) is 2.65. The number of nitrogens with one attached hydrogen (secondary N) is 2. The van der Waals surface area contributed by atoms with E-state index in [1.54, 1.807) is 0 Å². The summed E-state index contributed by atoms with van der Waals surface area (Å²) in [5, 5.41) is 6.28. The van der Waals surface area contributed by atoms with Crippen LogP contribution < -0.4 is 10.6 Å². The Morgan fingerprint density at radius 1 is 1.19 bits per heavy atom. The van der Waals surface area contributed by atoms with Crippen molar-refractivity contribution in [1.29, 1.82) is 0 Å². The zero-order valence-corrected chi connectivity index (χ0v) is 16.2. The van der Waals surface area contributed by atoms with Gasteiger partial charge in [-0.25, -0.2) is 0 Å². The van der Waals surface area contributed by atoms with Crippen molar-refractivity contribution in [2.45, 2.75) is 52.4 Å². The molecule has 1 spiro atoms. The molecule has 2 N–H and O–H groups in total. The third kappa shape index (κ3) is 4.77. The third-order valence-electron chi connectivity index (χ3n) is 5.67. The molecule has 0 aromatic heterocycles. The van der Waals surface area contributed by atoms with Crippen LogP contribution in [0, 0.1) is 5.41 Å². The first kappa shape index (κ1) is 18.7. The molecule has 1 aromatic rings. The summed E-state index contributed by atoms with van der Waals surface area (Å²) < 4.78 is 0. The first-order chi connectivity index (χ1) is 12.6. The van der Waals surface area contributed by atoms with Crippen LogP contribution in [-0.4, -0.2) is 42.9 Å². The Labute approximate surface area is 157 Å². The molecule has 142 valence electrons. The molecule has 0 bridgehead atoms. The normalized spacial score (nSPS) is 19.2. The summed E-state index contributed by atoms with van der Waals surface area (Å²) in [6.07, 6.45) is 7.81. The molecule has 5 nitrogen and oxygen atoms in total. The third-order valence-corrected chi connectivity index (χ3v) is 5.67. The van der Waals surface area contributed by atoms with E-state index in [2.05, 4.69) is 34.6 Å². The summed E-state index contributed by atoms with van der Waals surface area (Å²) in [5.74, 6) is 1.04. The Kier molecular flexibility index (Phi) is 6.17. The van der Waals surface area contributed by atoms with E-state index in [4.69, 9.17) is 4.99 Å². The molecule has 5 heteroatoms. The maximum atomic E-state index is 11.1. The summed E-state index contributed by atoms with van der Waals surface area (Å²) >= 11 is 0. The molecule has 2 aliphatic rings. The number of hydrogen-bond donors (Lipinski definition) is 2. The molecule has 1 saturated carbocycles. The highest BCUT2D eigenvalue weighted by Crippen LogP contribution is 2.45. The molecule has 1 heterocycles. The van der Waals surface area contributed by atoms with Gasteiger partial charge in [0.25, 0.3) is 0 Å². The average Bonchev–Trinajstić information content (AvgIpc) is 3.25. The van der Waals surface area contributed by atoms with Gasteiger partial charge in [0.15, 0.2) is 5.96 Å². The molecule has 26 heavy (non-hydrogen) atoms. The maximum Gasteiger partial charge on any atom is 0.221 e. The number of carbonyl (C=O) groups is 1. The van der Waals surface area contributed by atoms with Crippen LogP contribution >= 0.6 is 0 Å². The molecule has 3 rings (SSSR count). The topological polar surface area (TPSA) is 56.7 Å². The molecule has 1 aromatic carbocycles. The highest BCUT2D eigenvalue weighted by molar-refractivity contribution is 5.88.